The van der Waals surface area contributed by atoms with E-state index in [9.17, 15) is 0 Å². The summed E-state index contributed by atoms with van der Waals surface area (Å²) in [6.07, 6.45) is 7.42. The molecule has 1 aliphatic heterocycles. The molecule has 146 valence electrons. The third-order valence-electron chi connectivity index (χ3n) is 4.74. The first kappa shape index (κ1) is 18.5. The van der Waals surface area contributed by atoms with Crippen molar-refractivity contribution in [2.24, 2.45) is 0 Å². The molecule has 0 amide bonds. The van der Waals surface area contributed by atoms with Crippen molar-refractivity contribution < 1.29 is 14.0 Å². The van der Waals surface area contributed by atoms with E-state index in [2.05, 4.69) is 25.0 Å². The summed E-state index contributed by atoms with van der Waals surface area (Å²) in [5, 5.41) is 4.14. The first-order valence-corrected chi connectivity index (χ1v) is 9.38. The Balaban J connectivity index is 1.47. The summed E-state index contributed by atoms with van der Waals surface area (Å²) in [7, 11) is 1.64. The summed E-state index contributed by atoms with van der Waals surface area (Å²) >= 11 is 0. The lowest BCUT2D eigenvalue weighted by Gasteiger charge is -2.21. The molecule has 1 fully saturated rings. The molecule has 4 rings (SSSR count). The topological polar surface area (TPSA) is 86.4 Å². The molecule has 0 bridgehead atoms. The Kier molecular flexibility index (Phi) is 5.89. The van der Waals surface area contributed by atoms with Crippen LogP contribution in [0.25, 0.3) is 11.5 Å². The standard InChI is InChI=1S/C20H23N5O3/c1-26-11-12-27-16-6-9-22-17(13-16)19-23-20(28-24-19)18-3-2-10-25(18)14-15-4-7-21-8-5-15/h4-9,13,18H,2-3,10-12,14H2,1H3. The maximum absolute atomic E-state index is 5.63. The fourth-order valence-electron chi connectivity index (χ4n) is 3.36. The van der Waals surface area contributed by atoms with Gasteiger partial charge in [-0.15, -0.1) is 0 Å². The van der Waals surface area contributed by atoms with Crippen LogP contribution in [0.3, 0.4) is 0 Å². The van der Waals surface area contributed by atoms with E-state index >= 15 is 0 Å². The van der Waals surface area contributed by atoms with Gasteiger partial charge < -0.3 is 14.0 Å². The lowest BCUT2D eigenvalue weighted by Crippen LogP contribution is -2.23. The third kappa shape index (κ3) is 4.35. The second-order valence-electron chi connectivity index (χ2n) is 6.66. The van der Waals surface area contributed by atoms with Gasteiger partial charge in [0.1, 0.15) is 18.1 Å². The summed E-state index contributed by atoms with van der Waals surface area (Å²) in [4.78, 5) is 15.4. The monoisotopic (exact) mass is 381 g/mol. The molecule has 0 N–H and O–H groups in total. The van der Waals surface area contributed by atoms with E-state index in [4.69, 9.17) is 14.0 Å². The largest absolute Gasteiger partial charge is 0.491 e. The molecular weight excluding hydrogens is 358 g/mol. The molecule has 1 saturated heterocycles. The normalized spacial score (nSPS) is 17.1. The fraction of sp³-hybridized carbons (Fsp3) is 0.400. The van der Waals surface area contributed by atoms with Gasteiger partial charge in [-0.3, -0.25) is 14.9 Å². The lowest BCUT2D eigenvalue weighted by molar-refractivity contribution is 0.146. The van der Waals surface area contributed by atoms with Crippen molar-refractivity contribution in [3.8, 4) is 17.3 Å². The second kappa shape index (κ2) is 8.90. The van der Waals surface area contributed by atoms with E-state index in [-0.39, 0.29) is 6.04 Å². The zero-order valence-corrected chi connectivity index (χ0v) is 15.8. The molecule has 0 aromatic carbocycles. The predicted octanol–water partition coefficient (Wildman–Crippen LogP) is 2.89. The molecule has 8 nitrogen and oxygen atoms in total. The van der Waals surface area contributed by atoms with Crippen LogP contribution in [0.2, 0.25) is 0 Å². The average Bonchev–Trinajstić information content (AvgIpc) is 3.39. The maximum atomic E-state index is 5.63. The Morgan fingerprint density at radius 1 is 1.18 bits per heavy atom. The molecule has 1 atom stereocenters. The van der Waals surface area contributed by atoms with E-state index < -0.39 is 0 Å². The molecule has 8 heteroatoms. The number of ether oxygens (including phenoxy) is 2. The van der Waals surface area contributed by atoms with Crippen molar-refractivity contribution in [3.05, 3.63) is 54.3 Å². The van der Waals surface area contributed by atoms with Gasteiger partial charge in [0.15, 0.2) is 0 Å². The Hall–Kier alpha value is -2.84. The summed E-state index contributed by atoms with van der Waals surface area (Å²) in [6.45, 7) is 2.85. The van der Waals surface area contributed by atoms with Crippen molar-refractivity contribution in [3.63, 3.8) is 0 Å². The first-order valence-electron chi connectivity index (χ1n) is 9.38. The van der Waals surface area contributed by atoms with Crippen LogP contribution in [0.15, 0.2) is 47.4 Å². The van der Waals surface area contributed by atoms with Crippen molar-refractivity contribution in [1.29, 1.82) is 0 Å². The van der Waals surface area contributed by atoms with E-state index in [1.165, 1.54) is 5.56 Å². The summed E-state index contributed by atoms with van der Waals surface area (Å²) in [6, 6.07) is 7.80. The molecule has 4 heterocycles. The number of hydrogen-bond acceptors (Lipinski definition) is 8. The van der Waals surface area contributed by atoms with Crippen LogP contribution < -0.4 is 4.74 Å². The summed E-state index contributed by atoms with van der Waals surface area (Å²) in [5.41, 5.74) is 1.85. The van der Waals surface area contributed by atoms with Crippen molar-refractivity contribution >= 4 is 0 Å². The van der Waals surface area contributed by atoms with Gasteiger partial charge >= 0.3 is 0 Å². The van der Waals surface area contributed by atoms with Crippen LogP contribution >= 0.6 is 0 Å². The van der Waals surface area contributed by atoms with Crippen LogP contribution in [0.5, 0.6) is 5.75 Å². The van der Waals surface area contributed by atoms with Gasteiger partial charge in [-0.25, -0.2) is 0 Å². The number of likely N-dealkylation sites (tertiary alicyclic amines) is 1. The quantitative estimate of drug-likeness (QED) is 0.551. The summed E-state index contributed by atoms with van der Waals surface area (Å²) in [5.74, 6) is 1.81. The first-order chi connectivity index (χ1) is 13.8. The predicted molar refractivity (Wildman–Crippen MR) is 102 cm³/mol. The van der Waals surface area contributed by atoms with E-state index in [0.717, 1.165) is 25.9 Å². The van der Waals surface area contributed by atoms with Crippen LogP contribution in [0, 0.1) is 0 Å². The van der Waals surface area contributed by atoms with Crippen molar-refractivity contribution in [2.45, 2.75) is 25.4 Å². The number of nitrogens with zero attached hydrogens (tertiary/aromatic N) is 5. The van der Waals surface area contributed by atoms with Crippen LogP contribution in [-0.4, -0.2) is 51.9 Å². The minimum Gasteiger partial charge on any atom is -0.491 e. The van der Waals surface area contributed by atoms with Gasteiger partial charge in [-0.05, 0) is 43.1 Å². The number of pyridine rings is 2. The molecule has 0 spiro atoms. The highest BCUT2D eigenvalue weighted by atomic mass is 16.5. The molecule has 0 aliphatic carbocycles. The Morgan fingerprint density at radius 2 is 2.07 bits per heavy atom. The van der Waals surface area contributed by atoms with E-state index in [1.54, 1.807) is 19.4 Å². The zero-order chi connectivity index (χ0) is 19.2. The highest BCUT2D eigenvalue weighted by Crippen LogP contribution is 2.33. The molecule has 28 heavy (non-hydrogen) atoms. The van der Waals surface area contributed by atoms with Gasteiger partial charge in [-0.1, -0.05) is 5.16 Å². The molecule has 1 unspecified atom stereocenters. The fourth-order valence-corrected chi connectivity index (χ4v) is 3.36. The highest BCUT2D eigenvalue weighted by Gasteiger charge is 2.31. The van der Waals surface area contributed by atoms with Crippen molar-refractivity contribution in [2.75, 3.05) is 26.9 Å². The molecule has 3 aromatic rings. The number of rotatable bonds is 8. The molecule has 0 saturated carbocycles. The van der Waals surface area contributed by atoms with Gasteiger partial charge in [0, 0.05) is 38.3 Å². The smallest absolute Gasteiger partial charge is 0.244 e. The SMILES string of the molecule is COCCOc1ccnc(-c2noc(C3CCCN3Cc3ccncc3)n2)c1. The second-order valence-corrected chi connectivity index (χ2v) is 6.66. The Labute approximate surface area is 163 Å². The molecule has 0 radical (unpaired) electrons. The lowest BCUT2D eigenvalue weighted by atomic mass is 10.2. The van der Waals surface area contributed by atoms with E-state index in [0.29, 0.717) is 36.4 Å². The summed E-state index contributed by atoms with van der Waals surface area (Å²) < 4.78 is 16.2. The number of methoxy groups -OCH3 is 1. The van der Waals surface area contributed by atoms with E-state index in [1.807, 2.05) is 30.6 Å². The minimum atomic E-state index is 0.121. The maximum Gasteiger partial charge on any atom is 0.244 e. The Bertz CT molecular complexity index is 886. The molecule has 1 aliphatic rings. The van der Waals surface area contributed by atoms with Gasteiger partial charge in [0.25, 0.3) is 0 Å². The zero-order valence-electron chi connectivity index (χ0n) is 15.8. The molecule has 3 aromatic heterocycles. The minimum absolute atomic E-state index is 0.121. The number of hydrogen-bond donors (Lipinski definition) is 0. The van der Waals surface area contributed by atoms with Gasteiger partial charge in [-0.2, -0.15) is 4.98 Å². The number of aromatic nitrogens is 4. The highest BCUT2D eigenvalue weighted by molar-refractivity contribution is 5.50. The van der Waals surface area contributed by atoms with Crippen LogP contribution in [0.4, 0.5) is 0 Å². The van der Waals surface area contributed by atoms with Gasteiger partial charge in [0.05, 0.1) is 12.6 Å². The average molecular weight is 381 g/mol. The van der Waals surface area contributed by atoms with Crippen LogP contribution in [-0.2, 0) is 11.3 Å². The Morgan fingerprint density at radius 3 is 2.93 bits per heavy atom. The molecular formula is C20H23N5O3. The third-order valence-corrected chi connectivity index (χ3v) is 4.74. The van der Waals surface area contributed by atoms with Crippen molar-refractivity contribution in [1.82, 2.24) is 25.0 Å². The van der Waals surface area contributed by atoms with Gasteiger partial charge in [0.2, 0.25) is 11.7 Å². The van der Waals surface area contributed by atoms with Crippen LogP contribution in [0.1, 0.15) is 30.3 Å².